The van der Waals surface area contributed by atoms with Crippen LogP contribution in [0.5, 0.6) is 0 Å². The summed E-state index contributed by atoms with van der Waals surface area (Å²) in [7, 11) is 0. The molecule has 0 aliphatic carbocycles. The lowest BCUT2D eigenvalue weighted by Crippen LogP contribution is -2.45. The zero-order valence-corrected chi connectivity index (χ0v) is 12.3. The Morgan fingerprint density at radius 3 is 2.78 bits per heavy atom. The van der Waals surface area contributed by atoms with Gasteiger partial charge in [-0.25, -0.2) is 5.84 Å². The highest BCUT2D eigenvalue weighted by molar-refractivity contribution is 5.79. The minimum Gasteiger partial charge on any atom is -0.342 e. The molecule has 0 bridgehead atoms. The highest BCUT2D eigenvalue weighted by atomic mass is 15.4. The third kappa shape index (κ3) is 5.25. The van der Waals surface area contributed by atoms with Crippen LogP contribution in [0.4, 0.5) is 0 Å². The Morgan fingerprint density at radius 2 is 2.17 bits per heavy atom. The van der Waals surface area contributed by atoms with E-state index < -0.39 is 0 Å². The molecule has 4 nitrogen and oxygen atoms in total. The normalized spacial score (nSPS) is 22.2. The van der Waals surface area contributed by atoms with Crippen LogP contribution in [0.25, 0.3) is 0 Å². The molecule has 1 aliphatic rings. The molecule has 0 spiro atoms. The zero-order valence-electron chi connectivity index (χ0n) is 12.3. The third-order valence-electron chi connectivity index (χ3n) is 3.58. The average Bonchev–Trinajstić information content (AvgIpc) is 2.56. The molecule has 106 valence electrons. The van der Waals surface area contributed by atoms with Gasteiger partial charge in [-0.3, -0.25) is 10.4 Å². The number of hydrogen-bond acceptors (Lipinski definition) is 2. The van der Waals surface area contributed by atoms with E-state index in [-0.39, 0.29) is 0 Å². The van der Waals surface area contributed by atoms with Gasteiger partial charge >= 0.3 is 0 Å². The second-order valence-corrected chi connectivity index (χ2v) is 5.78. The second-order valence-electron chi connectivity index (χ2n) is 5.78. The van der Waals surface area contributed by atoms with E-state index >= 15 is 0 Å². The maximum atomic E-state index is 5.61. The fourth-order valence-corrected chi connectivity index (χ4v) is 2.58. The Hall–Kier alpha value is -0.770. The summed E-state index contributed by atoms with van der Waals surface area (Å²) >= 11 is 0. The lowest BCUT2D eigenvalue weighted by atomic mass is 9.96. The van der Waals surface area contributed by atoms with Gasteiger partial charge in [-0.2, -0.15) is 0 Å². The van der Waals surface area contributed by atoms with Crippen molar-refractivity contribution in [3.05, 3.63) is 0 Å². The van der Waals surface area contributed by atoms with Crippen molar-refractivity contribution in [1.82, 2.24) is 10.3 Å². The predicted molar refractivity (Wildman–Crippen MR) is 78.3 cm³/mol. The number of hydrazine groups is 1. The molecule has 18 heavy (non-hydrogen) atoms. The van der Waals surface area contributed by atoms with E-state index in [1.165, 1.54) is 32.1 Å². The fraction of sp³-hybridized carbons (Fsp3) is 0.929. The number of rotatable bonds is 4. The summed E-state index contributed by atoms with van der Waals surface area (Å²) in [5.41, 5.74) is 2.78. The van der Waals surface area contributed by atoms with Crippen molar-refractivity contribution in [2.75, 3.05) is 19.6 Å². The van der Waals surface area contributed by atoms with Crippen LogP contribution in [0, 0.1) is 11.8 Å². The first-order valence-corrected chi connectivity index (χ1v) is 7.43. The van der Waals surface area contributed by atoms with Gasteiger partial charge in [0.2, 0.25) is 5.96 Å². The van der Waals surface area contributed by atoms with Gasteiger partial charge in [-0.15, -0.1) is 0 Å². The monoisotopic (exact) mass is 254 g/mol. The van der Waals surface area contributed by atoms with Gasteiger partial charge < -0.3 is 4.90 Å². The zero-order chi connectivity index (χ0) is 13.4. The lowest BCUT2D eigenvalue weighted by Gasteiger charge is -2.24. The van der Waals surface area contributed by atoms with Crippen LogP contribution in [0.2, 0.25) is 0 Å². The lowest BCUT2D eigenvalue weighted by molar-refractivity contribution is 0.392. The minimum atomic E-state index is 0.577. The Labute approximate surface area is 112 Å². The van der Waals surface area contributed by atoms with Crippen molar-refractivity contribution in [1.29, 1.82) is 0 Å². The van der Waals surface area contributed by atoms with Crippen molar-refractivity contribution in [2.24, 2.45) is 22.7 Å². The van der Waals surface area contributed by atoms with E-state index in [0.717, 1.165) is 31.5 Å². The maximum Gasteiger partial charge on any atom is 0.208 e. The standard InChI is InChI=1S/C14H30N4/c1-4-6-13-7-5-9-18(10-8-13)14(17-15)16-11-12(2)3/h12-13H,4-11,15H2,1-3H3,(H,16,17). The summed E-state index contributed by atoms with van der Waals surface area (Å²) in [5, 5.41) is 0. The van der Waals surface area contributed by atoms with E-state index in [0.29, 0.717) is 5.92 Å². The molecule has 0 amide bonds. The molecule has 1 rings (SSSR count). The minimum absolute atomic E-state index is 0.577. The molecule has 0 aromatic heterocycles. The molecule has 0 saturated carbocycles. The highest BCUT2D eigenvalue weighted by Gasteiger charge is 2.18. The molecule has 3 N–H and O–H groups in total. The molecule has 1 saturated heterocycles. The molecule has 1 fully saturated rings. The first-order valence-electron chi connectivity index (χ1n) is 7.43. The molecule has 1 atom stereocenters. The summed E-state index contributed by atoms with van der Waals surface area (Å²) in [6.45, 7) is 9.65. The van der Waals surface area contributed by atoms with Gasteiger partial charge in [0, 0.05) is 19.6 Å². The number of likely N-dealkylation sites (tertiary alicyclic amines) is 1. The molecule has 0 radical (unpaired) electrons. The van der Waals surface area contributed by atoms with Gasteiger partial charge in [-0.1, -0.05) is 33.6 Å². The number of nitrogens with one attached hydrogen (secondary N) is 1. The van der Waals surface area contributed by atoms with Crippen molar-refractivity contribution < 1.29 is 0 Å². The molecule has 4 heteroatoms. The molecular formula is C14H30N4. The first kappa shape index (κ1) is 15.3. The van der Waals surface area contributed by atoms with Gasteiger partial charge in [0.05, 0.1) is 0 Å². The van der Waals surface area contributed by atoms with Crippen LogP contribution < -0.4 is 11.3 Å². The SMILES string of the molecule is CCCC1CCCN(C(=NCC(C)C)NN)CC1. The van der Waals surface area contributed by atoms with Crippen LogP contribution in [-0.4, -0.2) is 30.5 Å². The molecule has 1 aliphatic heterocycles. The van der Waals surface area contributed by atoms with E-state index in [1.807, 2.05) is 0 Å². The second kappa shape index (κ2) is 8.35. The van der Waals surface area contributed by atoms with Gasteiger partial charge in [0.15, 0.2) is 0 Å². The van der Waals surface area contributed by atoms with Crippen molar-refractivity contribution >= 4 is 5.96 Å². The number of nitrogens with zero attached hydrogens (tertiary/aromatic N) is 2. The largest absolute Gasteiger partial charge is 0.342 e. The maximum absolute atomic E-state index is 5.61. The van der Waals surface area contributed by atoms with E-state index in [1.54, 1.807) is 0 Å². The van der Waals surface area contributed by atoms with E-state index in [2.05, 4.69) is 36.1 Å². The Kier molecular flexibility index (Phi) is 7.09. The highest BCUT2D eigenvalue weighted by Crippen LogP contribution is 2.21. The molecule has 0 aromatic rings. The average molecular weight is 254 g/mol. The predicted octanol–water partition coefficient (Wildman–Crippen LogP) is 2.36. The quantitative estimate of drug-likeness (QED) is 0.350. The smallest absolute Gasteiger partial charge is 0.208 e. The van der Waals surface area contributed by atoms with Crippen molar-refractivity contribution in [3.63, 3.8) is 0 Å². The summed E-state index contributed by atoms with van der Waals surface area (Å²) in [6, 6.07) is 0. The molecule has 0 aromatic carbocycles. The Balaban J connectivity index is 2.51. The Bertz CT molecular complexity index is 250. The van der Waals surface area contributed by atoms with Crippen LogP contribution >= 0.6 is 0 Å². The number of guanidine groups is 1. The van der Waals surface area contributed by atoms with Crippen LogP contribution in [0.3, 0.4) is 0 Å². The van der Waals surface area contributed by atoms with Crippen LogP contribution in [-0.2, 0) is 0 Å². The summed E-state index contributed by atoms with van der Waals surface area (Å²) in [6.07, 6.45) is 6.55. The topological polar surface area (TPSA) is 53.6 Å². The molecule has 1 heterocycles. The first-order chi connectivity index (χ1) is 8.67. The van der Waals surface area contributed by atoms with Gasteiger partial charge in [0.25, 0.3) is 0 Å². The Morgan fingerprint density at radius 1 is 1.39 bits per heavy atom. The van der Waals surface area contributed by atoms with Gasteiger partial charge in [-0.05, 0) is 31.1 Å². The molecule has 1 unspecified atom stereocenters. The van der Waals surface area contributed by atoms with Crippen molar-refractivity contribution in [2.45, 2.75) is 52.9 Å². The van der Waals surface area contributed by atoms with Crippen LogP contribution in [0.15, 0.2) is 4.99 Å². The molecular weight excluding hydrogens is 224 g/mol. The summed E-state index contributed by atoms with van der Waals surface area (Å²) < 4.78 is 0. The third-order valence-corrected chi connectivity index (χ3v) is 3.58. The van der Waals surface area contributed by atoms with E-state index in [4.69, 9.17) is 5.84 Å². The van der Waals surface area contributed by atoms with E-state index in [9.17, 15) is 0 Å². The number of nitrogens with two attached hydrogens (primary N) is 1. The summed E-state index contributed by atoms with van der Waals surface area (Å²) in [5.74, 6) is 7.96. The van der Waals surface area contributed by atoms with Crippen molar-refractivity contribution in [3.8, 4) is 0 Å². The number of hydrogen-bond donors (Lipinski definition) is 2. The van der Waals surface area contributed by atoms with Gasteiger partial charge in [0.1, 0.15) is 0 Å². The fourth-order valence-electron chi connectivity index (χ4n) is 2.58. The summed E-state index contributed by atoms with van der Waals surface area (Å²) in [4.78, 5) is 6.90. The number of aliphatic imine (C=N–C) groups is 1. The van der Waals surface area contributed by atoms with Crippen LogP contribution in [0.1, 0.15) is 52.9 Å².